The van der Waals surface area contributed by atoms with Gasteiger partial charge in [0.05, 0.1) is 0 Å². The molecule has 3 rings (SSSR count). The summed E-state index contributed by atoms with van der Waals surface area (Å²) in [6, 6.07) is 15.6. The SMILES string of the molecule is Cc1ccc(C)c(NC(=O)c2cc(C(=O)Nc3ccc(Cl)cc3)ccn2)c1. The molecule has 5 nitrogen and oxygen atoms in total. The third kappa shape index (κ3) is 4.71. The summed E-state index contributed by atoms with van der Waals surface area (Å²) in [5, 5.41) is 6.19. The van der Waals surface area contributed by atoms with E-state index < -0.39 is 0 Å². The number of pyridine rings is 1. The third-order valence-corrected chi connectivity index (χ3v) is 4.25. The van der Waals surface area contributed by atoms with Crippen LogP contribution in [0.15, 0.2) is 60.8 Å². The monoisotopic (exact) mass is 379 g/mol. The molecule has 0 fully saturated rings. The van der Waals surface area contributed by atoms with Crippen molar-refractivity contribution in [1.82, 2.24) is 4.98 Å². The van der Waals surface area contributed by atoms with Crippen LogP contribution in [0.4, 0.5) is 11.4 Å². The van der Waals surface area contributed by atoms with Crippen LogP contribution in [0.2, 0.25) is 5.02 Å². The number of halogens is 1. The molecule has 6 heteroatoms. The number of amides is 2. The standard InChI is InChI=1S/C21H18ClN3O2/c1-13-3-4-14(2)18(11-13)25-21(27)19-12-15(9-10-23-19)20(26)24-17-7-5-16(22)6-8-17/h3-12H,1-2H3,(H,24,26)(H,25,27). The van der Waals surface area contributed by atoms with Crippen molar-refractivity contribution in [2.24, 2.45) is 0 Å². The van der Waals surface area contributed by atoms with Crippen molar-refractivity contribution >= 4 is 34.8 Å². The van der Waals surface area contributed by atoms with Crippen LogP contribution in [-0.4, -0.2) is 16.8 Å². The highest BCUT2D eigenvalue weighted by Gasteiger charge is 2.13. The molecule has 0 aliphatic rings. The highest BCUT2D eigenvalue weighted by Crippen LogP contribution is 2.18. The molecule has 0 saturated carbocycles. The molecule has 0 atom stereocenters. The van der Waals surface area contributed by atoms with Crippen molar-refractivity contribution in [3.63, 3.8) is 0 Å². The maximum Gasteiger partial charge on any atom is 0.274 e. The molecule has 2 N–H and O–H groups in total. The van der Waals surface area contributed by atoms with Gasteiger partial charge in [-0.2, -0.15) is 0 Å². The van der Waals surface area contributed by atoms with Gasteiger partial charge in [-0.25, -0.2) is 0 Å². The minimum atomic E-state index is -0.371. The van der Waals surface area contributed by atoms with Gasteiger partial charge in [0.25, 0.3) is 11.8 Å². The van der Waals surface area contributed by atoms with Crippen molar-refractivity contribution in [3.05, 3.63) is 88.2 Å². The van der Waals surface area contributed by atoms with Gasteiger partial charge in [0.1, 0.15) is 5.69 Å². The van der Waals surface area contributed by atoms with Gasteiger partial charge in [0.2, 0.25) is 0 Å². The van der Waals surface area contributed by atoms with Crippen LogP contribution in [-0.2, 0) is 0 Å². The van der Waals surface area contributed by atoms with Crippen molar-refractivity contribution < 1.29 is 9.59 Å². The van der Waals surface area contributed by atoms with Crippen molar-refractivity contribution in [2.75, 3.05) is 10.6 Å². The largest absolute Gasteiger partial charge is 0.322 e. The summed E-state index contributed by atoms with van der Waals surface area (Å²) in [6.45, 7) is 3.87. The quantitative estimate of drug-likeness (QED) is 0.680. The first kappa shape index (κ1) is 18.6. The van der Waals surface area contributed by atoms with Gasteiger partial charge in [0, 0.05) is 28.2 Å². The van der Waals surface area contributed by atoms with E-state index in [9.17, 15) is 9.59 Å². The van der Waals surface area contributed by atoms with E-state index in [-0.39, 0.29) is 17.5 Å². The first-order valence-electron chi connectivity index (χ1n) is 8.34. The van der Waals surface area contributed by atoms with E-state index in [1.807, 2.05) is 32.0 Å². The molecule has 136 valence electrons. The van der Waals surface area contributed by atoms with Crippen molar-refractivity contribution in [2.45, 2.75) is 13.8 Å². The number of benzene rings is 2. The summed E-state index contributed by atoms with van der Waals surface area (Å²) in [5.74, 6) is -0.703. The van der Waals surface area contributed by atoms with Gasteiger partial charge in [-0.3, -0.25) is 14.6 Å². The average Bonchev–Trinajstić information content (AvgIpc) is 2.66. The molecule has 0 aliphatic heterocycles. The number of rotatable bonds is 4. The van der Waals surface area contributed by atoms with E-state index in [0.29, 0.717) is 16.3 Å². The Hall–Kier alpha value is -3.18. The molecule has 1 heterocycles. The second kappa shape index (κ2) is 8.01. The Balaban J connectivity index is 1.76. The van der Waals surface area contributed by atoms with E-state index in [1.165, 1.54) is 12.3 Å². The number of aryl methyl sites for hydroxylation is 2. The second-order valence-corrected chi connectivity index (χ2v) is 6.60. The maximum atomic E-state index is 12.5. The molecule has 27 heavy (non-hydrogen) atoms. The minimum absolute atomic E-state index is 0.166. The molecular weight excluding hydrogens is 362 g/mol. The predicted octanol–water partition coefficient (Wildman–Crippen LogP) is 4.86. The number of hydrogen-bond acceptors (Lipinski definition) is 3. The van der Waals surface area contributed by atoms with Crippen LogP contribution in [0.25, 0.3) is 0 Å². The first-order chi connectivity index (χ1) is 12.9. The van der Waals surface area contributed by atoms with Crippen LogP contribution in [0.5, 0.6) is 0 Å². The van der Waals surface area contributed by atoms with Crippen LogP contribution in [0, 0.1) is 13.8 Å². The molecular formula is C21H18ClN3O2. The molecule has 2 aromatic carbocycles. The number of carbonyl (C=O) groups is 2. The summed E-state index contributed by atoms with van der Waals surface area (Å²) in [7, 11) is 0. The van der Waals surface area contributed by atoms with E-state index in [0.717, 1.165) is 16.8 Å². The van der Waals surface area contributed by atoms with Gasteiger partial charge in [-0.05, 0) is 67.4 Å². The molecule has 2 amide bonds. The Morgan fingerprint density at radius 1 is 0.889 bits per heavy atom. The Morgan fingerprint density at radius 3 is 2.37 bits per heavy atom. The fraction of sp³-hybridized carbons (Fsp3) is 0.0952. The van der Waals surface area contributed by atoms with Crippen molar-refractivity contribution in [3.8, 4) is 0 Å². The number of nitrogens with one attached hydrogen (secondary N) is 2. The Bertz CT molecular complexity index is 1000. The number of hydrogen-bond donors (Lipinski definition) is 2. The zero-order valence-corrected chi connectivity index (χ0v) is 15.7. The molecule has 0 radical (unpaired) electrons. The summed E-state index contributed by atoms with van der Waals surface area (Å²) in [6.07, 6.45) is 1.44. The van der Waals surface area contributed by atoms with Crippen LogP contribution < -0.4 is 10.6 Å². The first-order valence-corrected chi connectivity index (χ1v) is 8.72. The van der Waals surface area contributed by atoms with Crippen molar-refractivity contribution in [1.29, 1.82) is 0 Å². The Labute approximate surface area is 162 Å². The van der Waals surface area contributed by atoms with Crippen LogP contribution in [0.1, 0.15) is 32.0 Å². The predicted molar refractivity (Wildman–Crippen MR) is 108 cm³/mol. The van der Waals surface area contributed by atoms with Gasteiger partial charge in [-0.15, -0.1) is 0 Å². The van der Waals surface area contributed by atoms with E-state index >= 15 is 0 Å². The molecule has 0 bridgehead atoms. The molecule has 0 aliphatic carbocycles. The van der Waals surface area contributed by atoms with Gasteiger partial charge in [0.15, 0.2) is 0 Å². The van der Waals surface area contributed by atoms with E-state index in [4.69, 9.17) is 11.6 Å². The molecule has 0 spiro atoms. The zero-order chi connectivity index (χ0) is 19.4. The fourth-order valence-corrected chi connectivity index (χ4v) is 2.62. The lowest BCUT2D eigenvalue weighted by Gasteiger charge is -2.10. The van der Waals surface area contributed by atoms with Gasteiger partial charge < -0.3 is 10.6 Å². The molecule has 3 aromatic rings. The maximum absolute atomic E-state index is 12.5. The lowest BCUT2D eigenvalue weighted by atomic mass is 10.1. The normalized spacial score (nSPS) is 10.3. The molecule has 0 saturated heterocycles. The highest BCUT2D eigenvalue weighted by molar-refractivity contribution is 6.30. The topological polar surface area (TPSA) is 71.1 Å². The average molecular weight is 380 g/mol. The summed E-state index contributed by atoms with van der Waals surface area (Å²) in [4.78, 5) is 29.0. The van der Waals surface area contributed by atoms with E-state index in [2.05, 4.69) is 15.6 Å². The van der Waals surface area contributed by atoms with Crippen LogP contribution >= 0.6 is 11.6 Å². The van der Waals surface area contributed by atoms with Gasteiger partial charge >= 0.3 is 0 Å². The smallest absolute Gasteiger partial charge is 0.274 e. The Kier molecular flexibility index (Phi) is 5.52. The lowest BCUT2D eigenvalue weighted by Crippen LogP contribution is -2.17. The van der Waals surface area contributed by atoms with Crippen LogP contribution in [0.3, 0.4) is 0 Å². The second-order valence-electron chi connectivity index (χ2n) is 6.16. The summed E-state index contributed by atoms with van der Waals surface area (Å²) in [5.41, 5.74) is 3.83. The fourth-order valence-electron chi connectivity index (χ4n) is 2.49. The lowest BCUT2D eigenvalue weighted by molar-refractivity contribution is 0.102. The summed E-state index contributed by atoms with van der Waals surface area (Å²) >= 11 is 5.84. The minimum Gasteiger partial charge on any atom is -0.322 e. The number of carbonyl (C=O) groups excluding carboxylic acids is 2. The van der Waals surface area contributed by atoms with E-state index in [1.54, 1.807) is 30.3 Å². The molecule has 1 aromatic heterocycles. The number of anilines is 2. The van der Waals surface area contributed by atoms with Gasteiger partial charge in [-0.1, -0.05) is 23.7 Å². The zero-order valence-electron chi connectivity index (χ0n) is 14.9. The molecule has 0 unspecified atom stereocenters. The third-order valence-electron chi connectivity index (χ3n) is 4.00. The number of nitrogens with zero attached hydrogens (tertiary/aromatic N) is 1. The highest BCUT2D eigenvalue weighted by atomic mass is 35.5. The summed E-state index contributed by atoms with van der Waals surface area (Å²) < 4.78 is 0. The number of aromatic nitrogens is 1. The Morgan fingerprint density at radius 2 is 1.63 bits per heavy atom.